The second-order valence-corrected chi connectivity index (χ2v) is 7.18. The van der Waals surface area contributed by atoms with E-state index in [1.807, 2.05) is 64.8 Å². The van der Waals surface area contributed by atoms with Gasteiger partial charge in [-0.2, -0.15) is 0 Å². The minimum Gasteiger partial charge on any atom is -0.497 e. The molecule has 4 aromatic rings. The van der Waals surface area contributed by atoms with Crippen molar-refractivity contribution in [3.05, 3.63) is 83.3 Å². The van der Waals surface area contributed by atoms with Crippen molar-refractivity contribution in [2.45, 2.75) is 0 Å². The van der Waals surface area contributed by atoms with E-state index in [1.165, 1.54) is 11.3 Å². The molecule has 5 nitrogen and oxygen atoms in total. The van der Waals surface area contributed by atoms with Crippen LogP contribution in [0.25, 0.3) is 16.8 Å². The number of nitrogens with zero attached hydrogens (tertiary/aromatic N) is 1. The average Bonchev–Trinajstić information content (AvgIpc) is 3.44. The van der Waals surface area contributed by atoms with Gasteiger partial charge in [-0.3, -0.25) is 4.79 Å². The zero-order valence-electron chi connectivity index (χ0n) is 16.1. The summed E-state index contributed by atoms with van der Waals surface area (Å²) >= 11 is 1.42. The van der Waals surface area contributed by atoms with E-state index in [-0.39, 0.29) is 5.91 Å². The first-order chi connectivity index (χ1) is 14.2. The van der Waals surface area contributed by atoms with Gasteiger partial charge in [-0.15, -0.1) is 11.3 Å². The predicted molar refractivity (Wildman–Crippen MR) is 117 cm³/mol. The van der Waals surface area contributed by atoms with Gasteiger partial charge >= 0.3 is 0 Å². The summed E-state index contributed by atoms with van der Waals surface area (Å²) in [4.78, 5) is 13.8. The summed E-state index contributed by atoms with van der Waals surface area (Å²) in [6.45, 7) is 0. The maximum atomic E-state index is 13.2. The van der Waals surface area contributed by atoms with Crippen molar-refractivity contribution in [1.29, 1.82) is 0 Å². The van der Waals surface area contributed by atoms with E-state index in [1.54, 1.807) is 32.4 Å². The second-order valence-electron chi connectivity index (χ2n) is 6.30. The number of thiophene rings is 1. The van der Waals surface area contributed by atoms with E-state index in [0.29, 0.717) is 22.1 Å². The van der Waals surface area contributed by atoms with Crippen LogP contribution in [0.4, 0.5) is 5.69 Å². The number of rotatable bonds is 6. The lowest BCUT2D eigenvalue weighted by atomic mass is 10.1. The number of carbonyl (C=O) groups excluding carboxylic acids is 1. The van der Waals surface area contributed by atoms with E-state index in [0.717, 1.165) is 16.8 Å². The Morgan fingerprint density at radius 1 is 0.966 bits per heavy atom. The molecule has 0 aliphatic rings. The highest BCUT2D eigenvalue weighted by atomic mass is 32.1. The van der Waals surface area contributed by atoms with E-state index < -0.39 is 0 Å². The summed E-state index contributed by atoms with van der Waals surface area (Å²) in [5, 5.41) is 4.99. The topological polar surface area (TPSA) is 52.5 Å². The van der Waals surface area contributed by atoms with Crippen LogP contribution in [0, 0.1) is 0 Å². The summed E-state index contributed by atoms with van der Waals surface area (Å²) in [6.07, 6.45) is 3.89. The third-order valence-electron chi connectivity index (χ3n) is 4.58. The smallest absolute Gasteiger partial charge is 0.268 e. The summed E-state index contributed by atoms with van der Waals surface area (Å²) in [5.41, 5.74) is 3.52. The number of methoxy groups -OCH3 is 2. The molecule has 6 heteroatoms. The van der Waals surface area contributed by atoms with Gasteiger partial charge in [0.2, 0.25) is 0 Å². The molecule has 0 unspecified atom stereocenters. The Hall–Kier alpha value is -3.51. The minimum absolute atomic E-state index is 0.190. The van der Waals surface area contributed by atoms with Gasteiger partial charge in [0.1, 0.15) is 16.4 Å². The average molecular weight is 404 g/mol. The van der Waals surface area contributed by atoms with Gasteiger partial charge < -0.3 is 19.4 Å². The fourth-order valence-corrected chi connectivity index (χ4v) is 4.12. The largest absolute Gasteiger partial charge is 0.497 e. The molecule has 0 spiro atoms. The highest BCUT2D eigenvalue weighted by Crippen LogP contribution is 2.36. The Morgan fingerprint density at radius 2 is 1.72 bits per heavy atom. The Labute approximate surface area is 173 Å². The minimum atomic E-state index is -0.190. The molecular formula is C23H20N2O3S. The first-order valence-corrected chi connectivity index (χ1v) is 9.93. The van der Waals surface area contributed by atoms with Crippen molar-refractivity contribution in [2.24, 2.45) is 0 Å². The van der Waals surface area contributed by atoms with Crippen LogP contribution in [0.3, 0.4) is 0 Å². The third-order valence-corrected chi connectivity index (χ3v) is 5.54. The number of carbonyl (C=O) groups is 1. The van der Waals surface area contributed by atoms with Gasteiger partial charge in [-0.1, -0.05) is 30.3 Å². The van der Waals surface area contributed by atoms with E-state index in [9.17, 15) is 4.79 Å². The van der Waals surface area contributed by atoms with Crippen LogP contribution in [-0.4, -0.2) is 24.7 Å². The summed E-state index contributed by atoms with van der Waals surface area (Å²) < 4.78 is 12.6. The number of benzene rings is 2. The maximum Gasteiger partial charge on any atom is 0.268 e. The van der Waals surface area contributed by atoms with Gasteiger partial charge in [0, 0.05) is 29.4 Å². The third kappa shape index (κ3) is 3.75. The van der Waals surface area contributed by atoms with Gasteiger partial charge in [-0.25, -0.2) is 0 Å². The molecule has 0 aliphatic heterocycles. The zero-order valence-corrected chi connectivity index (χ0v) is 16.9. The summed E-state index contributed by atoms with van der Waals surface area (Å²) in [7, 11) is 3.15. The first kappa shape index (κ1) is 18.8. The van der Waals surface area contributed by atoms with Crippen molar-refractivity contribution in [3.8, 4) is 28.3 Å². The van der Waals surface area contributed by atoms with E-state index in [4.69, 9.17) is 9.47 Å². The van der Waals surface area contributed by atoms with Crippen LogP contribution in [0.2, 0.25) is 0 Å². The van der Waals surface area contributed by atoms with Crippen LogP contribution in [-0.2, 0) is 0 Å². The van der Waals surface area contributed by atoms with E-state index in [2.05, 4.69) is 5.32 Å². The number of amides is 1. The second kappa shape index (κ2) is 8.24. The summed E-state index contributed by atoms with van der Waals surface area (Å²) in [5.74, 6) is 1.01. The molecule has 0 saturated carbocycles. The number of ether oxygens (including phenoxy) is 2. The fourth-order valence-electron chi connectivity index (χ4n) is 3.16. The highest BCUT2D eigenvalue weighted by molar-refractivity contribution is 7.13. The van der Waals surface area contributed by atoms with Crippen molar-refractivity contribution in [1.82, 2.24) is 4.57 Å². The molecule has 29 heavy (non-hydrogen) atoms. The van der Waals surface area contributed by atoms with Crippen molar-refractivity contribution < 1.29 is 14.3 Å². The standard InChI is InChI=1S/C23H20N2O3S/c1-27-17-10-11-19(20(14-17)28-2)24-23(26)22-21(25-12-6-7-13-25)18(15-29-22)16-8-4-3-5-9-16/h3-15H,1-2H3,(H,24,26). The molecule has 4 rings (SSSR count). The Morgan fingerprint density at radius 3 is 2.41 bits per heavy atom. The van der Waals surface area contributed by atoms with Crippen LogP contribution < -0.4 is 14.8 Å². The molecule has 1 N–H and O–H groups in total. The molecule has 0 fully saturated rings. The summed E-state index contributed by atoms with van der Waals surface area (Å²) in [6, 6.07) is 19.3. The van der Waals surface area contributed by atoms with Crippen LogP contribution in [0.15, 0.2) is 78.4 Å². The number of nitrogens with one attached hydrogen (secondary N) is 1. The van der Waals surface area contributed by atoms with Crippen LogP contribution in [0.5, 0.6) is 11.5 Å². The highest BCUT2D eigenvalue weighted by Gasteiger charge is 2.21. The lowest BCUT2D eigenvalue weighted by Gasteiger charge is -2.13. The first-order valence-electron chi connectivity index (χ1n) is 9.05. The number of aromatic nitrogens is 1. The number of hydrogen-bond acceptors (Lipinski definition) is 4. The molecule has 0 saturated heterocycles. The molecule has 2 aromatic heterocycles. The lowest BCUT2D eigenvalue weighted by molar-refractivity contribution is 0.103. The SMILES string of the molecule is COc1ccc(NC(=O)c2scc(-c3ccccc3)c2-n2cccc2)c(OC)c1. The van der Waals surface area contributed by atoms with Crippen molar-refractivity contribution in [2.75, 3.05) is 19.5 Å². The molecule has 2 aromatic carbocycles. The Balaban J connectivity index is 1.74. The maximum absolute atomic E-state index is 13.2. The van der Waals surface area contributed by atoms with Crippen molar-refractivity contribution >= 4 is 22.9 Å². The molecule has 0 bridgehead atoms. The number of hydrogen-bond donors (Lipinski definition) is 1. The lowest BCUT2D eigenvalue weighted by Crippen LogP contribution is -2.13. The molecule has 146 valence electrons. The van der Waals surface area contributed by atoms with Gasteiger partial charge in [0.05, 0.1) is 25.6 Å². The monoisotopic (exact) mass is 404 g/mol. The van der Waals surface area contributed by atoms with Crippen LogP contribution >= 0.6 is 11.3 Å². The fraction of sp³-hybridized carbons (Fsp3) is 0.0870. The van der Waals surface area contributed by atoms with Gasteiger partial charge in [0.25, 0.3) is 5.91 Å². The molecule has 2 heterocycles. The normalized spacial score (nSPS) is 10.6. The zero-order chi connectivity index (χ0) is 20.2. The van der Waals surface area contributed by atoms with Gasteiger partial charge in [-0.05, 0) is 29.8 Å². The molecule has 0 aliphatic carbocycles. The molecule has 0 atom stereocenters. The molecular weight excluding hydrogens is 384 g/mol. The Bertz CT molecular complexity index is 1120. The Kier molecular flexibility index (Phi) is 5.35. The van der Waals surface area contributed by atoms with Crippen LogP contribution in [0.1, 0.15) is 9.67 Å². The molecule has 1 amide bonds. The quantitative estimate of drug-likeness (QED) is 0.463. The predicted octanol–water partition coefficient (Wildman–Crippen LogP) is 5.48. The number of anilines is 1. The molecule has 0 radical (unpaired) electrons. The van der Waals surface area contributed by atoms with E-state index >= 15 is 0 Å². The van der Waals surface area contributed by atoms with Gasteiger partial charge in [0.15, 0.2) is 0 Å². The van der Waals surface area contributed by atoms with Crippen molar-refractivity contribution in [3.63, 3.8) is 0 Å².